The van der Waals surface area contributed by atoms with Crippen LogP contribution in [0.25, 0.3) is 0 Å². The first-order valence-corrected chi connectivity index (χ1v) is 8.40. The van der Waals surface area contributed by atoms with E-state index in [4.69, 9.17) is 4.52 Å². The molecule has 0 aliphatic carbocycles. The summed E-state index contributed by atoms with van der Waals surface area (Å²) in [5.74, 6) is 1.30. The van der Waals surface area contributed by atoms with Crippen LogP contribution < -0.4 is 5.32 Å². The lowest BCUT2D eigenvalue weighted by Crippen LogP contribution is -2.28. The van der Waals surface area contributed by atoms with E-state index < -0.39 is 0 Å². The number of aromatic nitrogens is 1. The third kappa shape index (κ3) is 5.81. The second-order valence-corrected chi connectivity index (χ2v) is 6.63. The van der Waals surface area contributed by atoms with E-state index >= 15 is 0 Å². The highest BCUT2D eigenvalue weighted by molar-refractivity contribution is 5.76. The van der Waals surface area contributed by atoms with Crippen molar-refractivity contribution in [2.75, 3.05) is 13.6 Å². The SMILES string of the molecule is Cc1ccc(CNC(=O)CCN(C)Cc2cc(C(C)C)on2)cc1. The third-order valence-electron chi connectivity index (χ3n) is 3.91. The van der Waals surface area contributed by atoms with Crippen LogP contribution >= 0.6 is 0 Å². The highest BCUT2D eigenvalue weighted by atomic mass is 16.5. The molecule has 2 rings (SSSR count). The molecule has 2 aromatic rings. The molecule has 0 unspecified atom stereocenters. The number of nitrogens with one attached hydrogen (secondary N) is 1. The quantitative estimate of drug-likeness (QED) is 0.808. The van der Waals surface area contributed by atoms with Gasteiger partial charge in [0.15, 0.2) is 0 Å². The number of aryl methyl sites for hydroxylation is 1. The van der Waals surface area contributed by atoms with Crippen LogP contribution in [0.1, 0.15) is 48.8 Å². The number of benzene rings is 1. The van der Waals surface area contributed by atoms with E-state index in [1.807, 2.05) is 25.2 Å². The van der Waals surface area contributed by atoms with Crippen LogP contribution in [0.5, 0.6) is 0 Å². The number of carbonyl (C=O) groups excluding carboxylic acids is 1. The Bertz CT molecular complexity index is 647. The molecule has 1 N–H and O–H groups in total. The average Bonchev–Trinajstić information content (AvgIpc) is 3.01. The largest absolute Gasteiger partial charge is 0.361 e. The molecule has 0 aliphatic rings. The number of hydrogen-bond donors (Lipinski definition) is 1. The number of amides is 1. The minimum absolute atomic E-state index is 0.0606. The zero-order valence-electron chi connectivity index (χ0n) is 15.0. The van der Waals surface area contributed by atoms with Crippen LogP contribution in [-0.2, 0) is 17.9 Å². The molecule has 5 heteroatoms. The number of carbonyl (C=O) groups is 1. The second kappa shape index (κ2) is 8.64. The fourth-order valence-corrected chi connectivity index (χ4v) is 2.32. The highest BCUT2D eigenvalue weighted by Gasteiger charge is 2.10. The Labute approximate surface area is 144 Å². The van der Waals surface area contributed by atoms with Crippen molar-refractivity contribution >= 4 is 5.91 Å². The summed E-state index contributed by atoms with van der Waals surface area (Å²) in [5, 5.41) is 7.03. The van der Waals surface area contributed by atoms with Gasteiger partial charge in [-0.3, -0.25) is 9.69 Å². The molecular weight excluding hydrogens is 302 g/mol. The van der Waals surface area contributed by atoms with Gasteiger partial charge in [-0.05, 0) is 19.5 Å². The van der Waals surface area contributed by atoms with Gasteiger partial charge in [0.25, 0.3) is 0 Å². The van der Waals surface area contributed by atoms with E-state index in [0.29, 0.717) is 32.0 Å². The van der Waals surface area contributed by atoms with Crippen LogP contribution in [0.15, 0.2) is 34.9 Å². The fourth-order valence-electron chi connectivity index (χ4n) is 2.32. The maximum absolute atomic E-state index is 12.0. The topological polar surface area (TPSA) is 58.4 Å². The normalized spacial score (nSPS) is 11.2. The fraction of sp³-hybridized carbons (Fsp3) is 0.474. The molecule has 0 bridgehead atoms. The molecule has 24 heavy (non-hydrogen) atoms. The number of nitrogens with zero attached hydrogens (tertiary/aromatic N) is 2. The van der Waals surface area contributed by atoms with E-state index in [-0.39, 0.29) is 5.91 Å². The zero-order chi connectivity index (χ0) is 17.5. The Kier molecular flexibility index (Phi) is 6.55. The molecule has 1 aromatic heterocycles. The van der Waals surface area contributed by atoms with Crippen LogP contribution in [0.3, 0.4) is 0 Å². The summed E-state index contributed by atoms with van der Waals surface area (Å²) in [7, 11) is 1.98. The van der Waals surface area contributed by atoms with Gasteiger partial charge in [-0.15, -0.1) is 0 Å². The Morgan fingerprint density at radius 1 is 1.29 bits per heavy atom. The maximum Gasteiger partial charge on any atom is 0.221 e. The van der Waals surface area contributed by atoms with Crippen LogP contribution in [0.4, 0.5) is 0 Å². The first-order chi connectivity index (χ1) is 11.4. The molecule has 0 fully saturated rings. The van der Waals surface area contributed by atoms with Gasteiger partial charge in [-0.2, -0.15) is 0 Å². The van der Waals surface area contributed by atoms with Crippen molar-refractivity contribution in [1.82, 2.24) is 15.4 Å². The average molecular weight is 329 g/mol. The molecule has 1 amide bonds. The molecule has 0 radical (unpaired) electrons. The van der Waals surface area contributed by atoms with Crippen LogP contribution in [0.2, 0.25) is 0 Å². The van der Waals surface area contributed by atoms with Gasteiger partial charge in [0, 0.05) is 38.0 Å². The molecule has 0 atom stereocenters. The van der Waals surface area contributed by atoms with Gasteiger partial charge in [0.2, 0.25) is 5.91 Å². The molecular formula is C19H27N3O2. The molecule has 1 heterocycles. The standard InChI is InChI=1S/C19H27N3O2/c1-14(2)18-11-17(21-24-18)13-22(4)10-9-19(23)20-12-16-7-5-15(3)6-8-16/h5-8,11,14H,9-10,12-13H2,1-4H3,(H,20,23). The highest BCUT2D eigenvalue weighted by Crippen LogP contribution is 2.15. The van der Waals surface area contributed by atoms with E-state index in [2.05, 4.69) is 48.3 Å². The van der Waals surface area contributed by atoms with E-state index in [0.717, 1.165) is 17.0 Å². The summed E-state index contributed by atoms with van der Waals surface area (Å²) in [4.78, 5) is 14.0. The first-order valence-electron chi connectivity index (χ1n) is 8.40. The van der Waals surface area contributed by atoms with Crippen molar-refractivity contribution < 1.29 is 9.32 Å². The lowest BCUT2D eigenvalue weighted by molar-refractivity contribution is -0.121. The molecule has 0 saturated heterocycles. The lowest BCUT2D eigenvalue weighted by atomic mass is 10.1. The molecule has 5 nitrogen and oxygen atoms in total. The predicted octanol–water partition coefficient (Wildman–Crippen LogP) is 3.24. The monoisotopic (exact) mass is 329 g/mol. The Morgan fingerprint density at radius 2 is 2.00 bits per heavy atom. The van der Waals surface area contributed by atoms with Gasteiger partial charge in [-0.25, -0.2) is 0 Å². The van der Waals surface area contributed by atoms with E-state index in [9.17, 15) is 4.79 Å². The van der Waals surface area contributed by atoms with E-state index in [1.165, 1.54) is 5.56 Å². The Morgan fingerprint density at radius 3 is 2.62 bits per heavy atom. The molecule has 0 saturated carbocycles. The third-order valence-corrected chi connectivity index (χ3v) is 3.91. The smallest absolute Gasteiger partial charge is 0.221 e. The first kappa shape index (κ1) is 18.2. The molecule has 130 valence electrons. The van der Waals surface area contributed by atoms with Crippen molar-refractivity contribution in [2.45, 2.75) is 46.2 Å². The van der Waals surface area contributed by atoms with Crippen molar-refractivity contribution in [1.29, 1.82) is 0 Å². The predicted molar refractivity (Wildman–Crippen MR) is 94.6 cm³/mol. The lowest BCUT2D eigenvalue weighted by Gasteiger charge is -2.14. The summed E-state index contributed by atoms with van der Waals surface area (Å²) in [6.45, 7) is 8.14. The minimum Gasteiger partial charge on any atom is -0.361 e. The van der Waals surface area contributed by atoms with Crippen molar-refractivity contribution in [3.63, 3.8) is 0 Å². The Balaban J connectivity index is 1.69. The number of rotatable bonds is 8. The molecule has 0 aliphatic heterocycles. The van der Waals surface area contributed by atoms with Crippen molar-refractivity contribution in [2.24, 2.45) is 0 Å². The Hall–Kier alpha value is -2.14. The van der Waals surface area contributed by atoms with Crippen LogP contribution in [-0.4, -0.2) is 29.6 Å². The van der Waals surface area contributed by atoms with Gasteiger partial charge in [0.05, 0.1) is 5.69 Å². The summed E-state index contributed by atoms with van der Waals surface area (Å²) < 4.78 is 5.29. The number of hydrogen-bond acceptors (Lipinski definition) is 4. The summed E-state index contributed by atoms with van der Waals surface area (Å²) >= 11 is 0. The van der Waals surface area contributed by atoms with Gasteiger partial charge in [0.1, 0.15) is 5.76 Å². The summed E-state index contributed by atoms with van der Waals surface area (Å²) in [6, 6.07) is 10.2. The molecule has 0 spiro atoms. The second-order valence-electron chi connectivity index (χ2n) is 6.63. The van der Waals surface area contributed by atoms with Gasteiger partial charge >= 0.3 is 0 Å². The summed E-state index contributed by atoms with van der Waals surface area (Å²) in [5.41, 5.74) is 3.24. The van der Waals surface area contributed by atoms with Crippen molar-refractivity contribution in [3.8, 4) is 0 Å². The minimum atomic E-state index is 0.0606. The maximum atomic E-state index is 12.0. The van der Waals surface area contributed by atoms with Crippen LogP contribution in [0, 0.1) is 6.92 Å². The summed E-state index contributed by atoms with van der Waals surface area (Å²) in [6.07, 6.45) is 0.469. The van der Waals surface area contributed by atoms with Gasteiger partial charge in [-0.1, -0.05) is 48.8 Å². The zero-order valence-corrected chi connectivity index (χ0v) is 15.0. The molecule has 1 aromatic carbocycles. The van der Waals surface area contributed by atoms with Crippen molar-refractivity contribution in [3.05, 3.63) is 52.9 Å². The van der Waals surface area contributed by atoms with E-state index in [1.54, 1.807) is 0 Å². The van der Waals surface area contributed by atoms with Gasteiger partial charge < -0.3 is 9.84 Å².